The maximum atomic E-state index is 10.9. The summed E-state index contributed by atoms with van der Waals surface area (Å²) in [6.45, 7) is 5.54. The molecule has 0 unspecified atom stereocenters. The number of para-hydroxylation sites is 1. The van der Waals surface area contributed by atoms with Gasteiger partial charge in [0.1, 0.15) is 0 Å². The Balaban J connectivity index is 1.28. The molecule has 0 radical (unpaired) electrons. The minimum atomic E-state index is -1.97. The minimum Gasteiger partial charge on any atom is -0.369 e. The van der Waals surface area contributed by atoms with Gasteiger partial charge in [-0.25, -0.2) is 9.88 Å². The maximum Gasteiger partial charge on any atom is 0.253 e. The number of anilines is 1. The van der Waals surface area contributed by atoms with E-state index in [2.05, 4.69) is 41.1 Å². The first kappa shape index (κ1) is 25.3. The van der Waals surface area contributed by atoms with E-state index in [-0.39, 0.29) is 0 Å². The fourth-order valence-corrected chi connectivity index (χ4v) is 6.15. The van der Waals surface area contributed by atoms with E-state index in [0.717, 1.165) is 71.1 Å². The number of rotatable bonds is 5. The molecular weight excluding hydrogens is 494 g/mol. The van der Waals surface area contributed by atoms with Gasteiger partial charge in [0.05, 0.1) is 22.9 Å². The van der Waals surface area contributed by atoms with Crippen molar-refractivity contribution in [3.63, 3.8) is 0 Å². The number of aliphatic hydroxyl groups is 2. The molecular formula is C30H33N5O2S. The molecule has 0 spiro atoms. The highest BCUT2D eigenvalue weighted by Gasteiger charge is 2.34. The number of piperazine rings is 1. The predicted octanol–water partition coefficient (Wildman–Crippen LogP) is 3.86. The van der Waals surface area contributed by atoms with Gasteiger partial charge in [-0.05, 0) is 30.8 Å². The van der Waals surface area contributed by atoms with Crippen molar-refractivity contribution in [2.45, 2.75) is 5.91 Å². The number of fused-ring (bicyclic) bond motifs is 1. The van der Waals surface area contributed by atoms with Crippen LogP contribution in [0.25, 0.3) is 33.4 Å². The fourth-order valence-electron chi connectivity index (χ4n) is 5.24. The standard InChI is InChI=1S/C30H33N5O2S/c1-33-13-15-34(16-14-33)25-11-7-23(8-12-25)28-21-31-27-4-2-3-26(29(27)32-28)22-5-9-24(10-6-22)30(36,37)35-17-19-38-20-18-35/h2-12,21,36-37H,13-20H2,1H3. The van der Waals surface area contributed by atoms with Crippen molar-refractivity contribution >= 4 is 28.5 Å². The number of hydrogen-bond donors (Lipinski definition) is 2. The first-order valence-corrected chi connectivity index (χ1v) is 14.3. The Labute approximate surface area is 227 Å². The zero-order chi connectivity index (χ0) is 26.1. The summed E-state index contributed by atoms with van der Waals surface area (Å²) in [6.07, 6.45) is 1.84. The first-order chi connectivity index (χ1) is 18.5. The van der Waals surface area contributed by atoms with Crippen LogP contribution in [0.3, 0.4) is 0 Å². The molecule has 0 atom stereocenters. The van der Waals surface area contributed by atoms with Crippen LogP contribution in [-0.2, 0) is 5.91 Å². The van der Waals surface area contributed by atoms with Gasteiger partial charge in [-0.3, -0.25) is 4.98 Å². The number of hydrogen-bond acceptors (Lipinski definition) is 8. The molecule has 196 valence electrons. The van der Waals surface area contributed by atoms with E-state index in [4.69, 9.17) is 9.97 Å². The van der Waals surface area contributed by atoms with Crippen molar-refractivity contribution in [3.8, 4) is 22.4 Å². The molecule has 38 heavy (non-hydrogen) atoms. The predicted molar refractivity (Wildman–Crippen MR) is 155 cm³/mol. The number of thioether (sulfide) groups is 1. The quantitative estimate of drug-likeness (QED) is 0.379. The largest absolute Gasteiger partial charge is 0.369 e. The topological polar surface area (TPSA) is 76.0 Å². The van der Waals surface area contributed by atoms with Crippen molar-refractivity contribution in [2.24, 2.45) is 0 Å². The van der Waals surface area contributed by atoms with Crippen molar-refractivity contribution < 1.29 is 10.2 Å². The van der Waals surface area contributed by atoms with Gasteiger partial charge < -0.3 is 20.0 Å². The van der Waals surface area contributed by atoms with E-state index >= 15 is 0 Å². The lowest BCUT2D eigenvalue weighted by Crippen LogP contribution is -2.49. The van der Waals surface area contributed by atoms with Crippen molar-refractivity contribution in [2.75, 3.05) is 62.7 Å². The summed E-state index contributed by atoms with van der Waals surface area (Å²) in [5.41, 5.74) is 7.16. The van der Waals surface area contributed by atoms with Crippen LogP contribution in [0.5, 0.6) is 0 Å². The summed E-state index contributed by atoms with van der Waals surface area (Å²) >= 11 is 1.84. The lowest BCUT2D eigenvalue weighted by Gasteiger charge is -2.37. The van der Waals surface area contributed by atoms with Crippen LogP contribution in [0.2, 0.25) is 0 Å². The van der Waals surface area contributed by atoms with Crippen LogP contribution in [0.1, 0.15) is 5.56 Å². The van der Waals surface area contributed by atoms with Gasteiger partial charge in [-0.15, -0.1) is 0 Å². The monoisotopic (exact) mass is 527 g/mol. The highest BCUT2D eigenvalue weighted by atomic mass is 32.2. The van der Waals surface area contributed by atoms with Gasteiger partial charge in [0, 0.05) is 73.2 Å². The van der Waals surface area contributed by atoms with Gasteiger partial charge in [-0.1, -0.05) is 48.5 Å². The van der Waals surface area contributed by atoms with Crippen LogP contribution in [-0.4, -0.2) is 87.8 Å². The fraction of sp³-hybridized carbons (Fsp3) is 0.333. The molecule has 0 aliphatic carbocycles. The molecule has 2 fully saturated rings. The maximum absolute atomic E-state index is 10.9. The molecule has 1 aromatic heterocycles. The molecule has 3 heterocycles. The zero-order valence-corrected chi connectivity index (χ0v) is 22.4. The van der Waals surface area contributed by atoms with Gasteiger partial charge in [0.15, 0.2) is 0 Å². The van der Waals surface area contributed by atoms with E-state index in [1.807, 2.05) is 48.3 Å². The third-order valence-electron chi connectivity index (χ3n) is 7.64. The summed E-state index contributed by atoms with van der Waals surface area (Å²) in [5, 5.41) is 21.7. The number of nitrogens with zero attached hydrogens (tertiary/aromatic N) is 5. The Morgan fingerprint density at radius 2 is 1.47 bits per heavy atom. The molecule has 0 amide bonds. The Hall–Kier alpha value is -3.01. The van der Waals surface area contributed by atoms with Crippen molar-refractivity contribution in [3.05, 3.63) is 78.5 Å². The second-order valence-electron chi connectivity index (χ2n) is 10.1. The third-order valence-corrected chi connectivity index (χ3v) is 8.58. The molecule has 3 aromatic carbocycles. The SMILES string of the molecule is CN1CCN(c2ccc(-c3cnc4cccc(-c5ccc(C(O)(O)N6CCSCC6)cc5)c4n3)cc2)CC1. The highest BCUT2D eigenvalue weighted by Crippen LogP contribution is 2.32. The number of likely N-dealkylation sites (N-methyl/N-ethyl adjacent to an activating group) is 1. The summed E-state index contributed by atoms with van der Waals surface area (Å²) in [5.74, 6) is -0.172. The van der Waals surface area contributed by atoms with Crippen LogP contribution in [0.15, 0.2) is 72.9 Å². The molecule has 0 saturated carbocycles. The summed E-state index contributed by atoms with van der Waals surface area (Å²) in [4.78, 5) is 16.3. The first-order valence-electron chi connectivity index (χ1n) is 13.2. The third kappa shape index (κ3) is 5.02. The second kappa shape index (κ2) is 10.6. The van der Waals surface area contributed by atoms with Gasteiger partial charge in [0.2, 0.25) is 0 Å². The average molecular weight is 528 g/mol. The molecule has 2 N–H and O–H groups in total. The molecule has 2 saturated heterocycles. The molecule has 2 aliphatic rings. The van der Waals surface area contributed by atoms with E-state index < -0.39 is 5.91 Å². The summed E-state index contributed by atoms with van der Waals surface area (Å²) in [6, 6.07) is 22.1. The number of aromatic nitrogens is 2. The lowest BCUT2D eigenvalue weighted by atomic mass is 10.0. The van der Waals surface area contributed by atoms with Crippen LogP contribution in [0.4, 0.5) is 5.69 Å². The van der Waals surface area contributed by atoms with Crippen LogP contribution >= 0.6 is 11.8 Å². The Bertz CT molecular complexity index is 1400. The summed E-state index contributed by atoms with van der Waals surface area (Å²) in [7, 11) is 2.17. The zero-order valence-electron chi connectivity index (χ0n) is 21.6. The number of benzene rings is 3. The van der Waals surface area contributed by atoms with Gasteiger partial charge in [0.25, 0.3) is 5.91 Å². The Morgan fingerprint density at radius 3 is 2.18 bits per heavy atom. The molecule has 8 heteroatoms. The molecule has 2 aliphatic heterocycles. The van der Waals surface area contributed by atoms with Crippen molar-refractivity contribution in [1.82, 2.24) is 19.8 Å². The average Bonchev–Trinajstić information content (AvgIpc) is 2.97. The van der Waals surface area contributed by atoms with Gasteiger partial charge >= 0.3 is 0 Å². The van der Waals surface area contributed by atoms with Crippen molar-refractivity contribution in [1.29, 1.82) is 0 Å². The molecule has 7 nitrogen and oxygen atoms in total. The highest BCUT2D eigenvalue weighted by molar-refractivity contribution is 7.99. The molecule has 4 aromatic rings. The Kier molecular flexibility index (Phi) is 7.07. The van der Waals surface area contributed by atoms with E-state index in [1.54, 1.807) is 17.0 Å². The summed E-state index contributed by atoms with van der Waals surface area (Å²) < 4.78 is 0. The smallest absolute Gasteiger partial charge is 0.253 e. The van der Waals surface area contributed by atoms with Crippen LogP contribution in [0, 0.1) is 0 Å². The minimum absolute atomic E-state index is 0.473. The second-order valence-corrected chi connectivity index (χ2v) is 11.3. The van der Waals surface area contributed by atoms with E-state index in [9.17, 15) is 10.2 Å². The van der Waals surface area contributed by atoms with Gasteiger partial charge in [-0.2, -0.15) is 11.8 Å². The lowest BCUT2D eigenvalue weighted by molar-refractivity contribution is -0.273. The Morgan fingerprint density at radius 1 is 0.789 bits per heavy atom. The van der Waals surface area contributed by atoms with Crippen LogP contribution < -0.4 is 4.90 Å². The normalized spacial score (nSPS) is 17.7. The van der Waals surface area contributed by atoms with E-state index in [1.165, 1.54) is 5.69 Å². The van der Waals surface area contributed by atoms with E-state index in [0.29, 0.717) is 18.7 Å². The molecule has 6 rings (SSSR count). The molecule has 0 bridgehead atoms.